The van der Waals surface area contributed by atoms with Crippen LogP contribution in [0.5, 0.6) is 0 Å². The highest BCUT2D eigenvalue weighted by atomic mass is 16.5. The maximum atomic E-state index is 12.0. The van der Waals surface area contributed by atoms with Gasteiger partial charge in [-0.15, -0.1) is 0 Å². The number of carboxylic acids is 1. The summed E-state index contributed by atoms with van der Waals surface area (Å²) in [4.78, 5) is 35.9. The van der Waals surface area contributed by atoms with Crippen LogP contribution in [0.4, 0.5) is 4.79 Å². The lowest BCUT2D eigenvalue weighted by atomic mass is 10.1. The number of amides is 2. The summed E-state index contributed by atoms with van der Waals surface area (Å²) in [6, 6.07) is -2.12. The van der Waals surface area contributed by atoms with Crippen LogP contribution in [-0.2, 0) is 14.3 Å². The van der Waals surface area contributed by atoms with Crippen molar-refractivity contribution in [1.82, 2.24) is 10.2 Å². The Balaban J connectivity index is 2.71. The van der Waals surface area contributed by atoms with E-state index in [0.717, 1.165) is 0 Å². The number of likely N-dealkylation sites (tertiary alicyclic amines) is 1. The topological polar surface area (TPSA) is 95.9 Å². The molecule has 0 radical (unpaired) electrons. The molecular weight excluding hydrogens is 252 g/mol. The molecule has 2 amide bonds. The minimum Gasteiger partial charge on any atom is -0.480 e. The molecule has 0 spiro atoms. The van der Waals surface area contributed by atoms with E-state index in [1.165, 1.54) is 12.0 Å². The van der Waals surface area contributed by atoms with Crippen LogP contribution in [0, 0.1) is 5.92 Å². The molecule has 0 saturated carbocycles. The molecule has 0 bridgehead atoms. The van der Waals surface area contributed by atoms with Crippen LogP contribution < -0.4 is 5.32 Å². The predicted molar refractivity (Wildman–Crippen MR) is 66.5 cm³/mol. The number of urea groups is 1. The summed E-state index contributed by atoms with van der Waals surface area (Å²) in [5, 5.41) is 11.5. The minimum absolute atomic E-state index is 0.236. The Morgan fingerprint density at radius 1 is 1.37 bits per heavy atom. The molecule has 0 aromatic carbocycles. The van der Waals surface area contributed by atoms with Crippen molar-refractivity contribution in [3.63, 3.8) is 0 Å². The molecule has 7 nitrogen and oxygen atoms in total. The molecule has 2 unspecified atom stereocenters. The number of aliphatic carboxylic acids is 1. The Bertz CT molecular complexity index is 369. The van der Waals surface area contributed by atoms with E-state index in [2.05, 4.69) is 10.1 Å². The number of nitrogens with one attached hydrogen (secondary N) is 1. The number of ether oxygens (including phenoxy) is 1. The van der Waals surface area contributed by atoms with E-state index in [1.807, 2.05) is 0 Å². The number of hydrogen-bond acceptors (Lipinski definition) is 4. The van der Waals surface area contributed by atoms with Crippen LogP contribution in [0.2, 0.25) is 0 Å². The van der Waals surface area contributed by atoms with Gasteiger partial charge in [0, 0.05) is 6.54 Å². The van der Waals surface area contributed by atoms with Crippen LogP contribution in [0.1, 0.15) is 26.7 Å². The number of carbonyl (C=O) groups excluding carboxylic acids is 2. The summed E-state index contributed by atoms with van der Waals surface area (Å²) in [7, 11) is 1.27. The van der Waals surface area contributed by atoms with Gasteiger partial charge in [0.25, 0.3) is 0 Å². The SMILES string of the molecule is COC(=O)C1CCCN1C(=O)NC(C(=O)O)C(C)C. The molecule has 1 aliphatic rings. The van der Waals surface area contributed by atoms with Crippen molar-refractivity contribution in [2.75, 3.05) is 13.7 Å². The number of rotatable bonds is 4. The Hall–Kier alpha value is -1.79. The van der Waals surface area contributed by atoms with Crippen LogP contribution in [-0.4, -0.2) is 53.7 Å². The predicted octanol–water partition coefficient (Wildman–Crippen LogP) is 0.443. The van der Waals surface area contributed by atoms with Crippen molar-refractivity contribution in [2.45, 2.75) is 38.8 Å². The zero-order chi connectivity index (χ0) is 14.6. The standard InChI is InChI=1S/C12H20N2O5/c1-7(2)9(10(15)16)13-12(18)14-6-4-5-8(14)11(17)19-3/h7-9H,4-6H2,1-3H3,(H,13,18)(H,15,16). The molecule has 19 heavy (non-hydrogen) atoms. The highest BCUT2D eigenvalue weighted by Crippen LogP contribution is 2.18. The van der Waals surface area contributed by atoms with Gasteiger partial charge in [-0.05, 0) is 18.8 Å². The van der Waals surface area contributed by atoms with Gasteiger partial charge in [-0.25, -0.2) is 14.4 Å². The molecule has 0 aromatic rings. The van der Waals surface area contributed by atoms with Crippen LogP contribution in [0.15, 0.2) is 0 Å². The first-order valence-electron chi connectivity index (χ1n) is 6.26. The van der Waals surface area contributed by atoms with E-state index in [9.17, 15) is 14.4 Å². The number of hydrogen-bond donors (Lipinski definition) is 2. The van der Waals surface area contributed by atoms with Crippen molar-refractivity contribution in [1.29, 1.82) is 0 Å². The number of nitrogens with zero attached hydrogens (tertiary/aromatic N) is 1. The fourth-order valence-corrected chi connectivity index (χ4v) is 2.12. The second kappa shape index (κ2) is 6.40. The number of methoxy groups -OCH3 is 1. The van der Waals surface area contributed by atoms with Crippen LogP contribution in [0.25, 0.3) is 0 Å². The minimum atomic E-state index is -1.09. The summed E-state index contributed by atoms with van der Waals surface area (Å²) in [5.41, 5.74) is 0. The third kappa shape index (κ3) is 3.59. The Morgan fingerprint density at radius 3 is 2.47 bits per heavy atom. The van der Waals surface area contributed by atoms with Gasteiger partial charge in [0.1, 0.15) is 12.1 Å². The molecule has 0 aromatic heterocycles. The number of esters is 1. The van der Waals surface area contributed by atoms with Crippen molar-refractivity contribution in [3.05, 3.63) is 0 Å². The quantitative estimate of drug-likeness (QED) is 0.724. The van der Waals surface area contributed by atoms with Crippen molar-refractivity contribution in [3.8, 4) is 0 Å². The van der Waals surface area contributed by atoms with Gasteiger partial charge in [0.15, 0.2) is 0 Å². The average Bonchev–Trinajstić information content (AvgIpc) is 2.82. The van der Waals surface area contributed by atoms with Gasteiger partial charge in [-0.3, -0.25) is 0 Å². The fraction of sp³-hybridized carbons (Fsp3) is 0.750. The lowest BCUT2D eigenvalue weighted by Crippen LogP contribution is -2.52. The highest BCUT2D eigenvalue weighted by molar-refractivity contribution is 5.87. The molecule has 2 atom stereocenters. The third-order valence-corrected chi connectivity index (χ3v) is 3.20. The molecule has 1 heterocycles. The first-order valence-corrected chi connectivity index (χ1v) is 6.26. The van der Waals surface area contributed by atoms with Gasteiger partial charge in [-0.2, -0.15) is 0 Å². The maximum absolute atomic E-state index is 12.0. The molecule has 1 fully saturated rings. The van der Waals surface area contributed by atoms with Crippen molar-refractivity contribution < 1.29 is 24.2 Å². The second-order valence-corrected chi connectivity index (χ2v) is 4.88. The zero-order valence-electron chi connectivity index (χ0n) is 11.4. The lowest BCUT2D eigenvalue weighted by molar-refractivity contribution is -0.144. The highest BCUT2D eigenvalue weighted by Gasteiger charge is 2.36. The Kier molecular flexibility index (Phi) is 5.14. The van der Waals surface area contributed by atoms with Gasteiger partial charge in [0.2, 0.25) is 0 Å². The fourth-order valence-electron chi connectivity index (χ4n) is 2.12. The zero-order valence-corrected chi connectivity index (χ0v) is 11.4. The van der Waals surface area contributed by atoms with Gasteiger partial charge in [-0.1, -0.05) is 13.8 Å². The van der Waals surface area contributed by atoms with E-state index in [1.54, 1.807) is 13.8 Å². The lowest BCUT2D eigenvalue weighted by Gasteiger charge is -2.26. The summed E-state index contributed by atoms with van der Waals surface area (Å²) in [5.74, 6) is -1.79. The summed E-state index contributed by atoms with van der Waals surface area (Å²) < 4.78 is 4.64. The molecule has 1 aliphatic heterocycles. The van der Waals surface area contributed by atoms with Crippen LogP contribution in [0.3, 0.4) is 0 Å². The van der Waals surface area contributed by atoms with Gasteiger partial charge >= 0.3 is 18.0 Å². The Morgan fingerprint density at radius 2 is 2.00 bits per heavy atom. The number of carboxylic acid groups (broad SMARTS) is 1. The second-order valence-electron chi connectivity index (χ2n) is 4.88. The van der Waals surface area contributed by atoms with Crippen LogP contribution >= 0.6 is 0 Å². The largest absolute Gasteiger partial charge is 0.480 e. The van der Waals surface area contributed by atoms with E-state index in [-0.39, 0.29) is 5.92 Å². The van der Waals surface area contributed by atoms with E-state index >= 15 is 0 Å². The van der Waals surface area contributed by atoms with E-state index < -0.39 is 30.1 Å². The molecule has 7 heteroatoms. The molecule has 1 rings (SSSR count). The third-order valence-electron chi connectivity index (χ3n) is 3.20. The summed E-state index contributed by atoms with van der Waals surface area (Å²) in [6.45, 7) is 3.84. The average molecular weight is 272 g/mol. The molecule has 108 valence electrons. The van der Waals surface area contributed by atoms with E-state index in [4.69, 9.17) is 5.11 Å². The first-order chi connectivity index (χ1) is 8.88. The van der Waals surface area contributed by atoms with Crippen molar-refractivity contribution >= 4 is 18.0 Å². The summed E-state index contributed by atoms with van der Waals surface area (Å²) in [6.07, 6.45) is 1.24. The monoisotopic (exact) mass is 272 g/mol. The maximum Gasteiger partial charge on any atom is 0.328 e. The molecule has 2 N–H and O–H groups in total. The molecular formula is C12H20N2O5. The smallest absolute Gasteiger partial charge is 0.328 e. The molecule has 1 saturated heterocycles. The Labute approximate surface area is 111 Å². The van der Waals surface area contributed by atoms with E-state index in [0.29, 0.717) is 19.4 Å². The summed E-state index contributed by atoms with van der Waals surface area (Å²) >= 11 is 0. The number of carbonyl (C=O) groups is 3. The van der Waals surface area contributed by atoms with Gasteiger partial charge < -0.3 is 20.1 Å². The first kappa shape index (κ1) is 15.3. The van der Waals surface area contributed by atoms with Crippen molar-refractivity contribution in [2.24, 2.45) is 5.92 Å². The van der Waals surface area contributed by atoms with Gasteiger partial charge in [0.05, 0.1) is 7.11 Å². The normalized spacial score (nSPS) is 20.2. The molecule has 0 aliphatic carbocycles.